The molecule has 0 aliphatic heterocycles. The van der Waals surface area contributed by atoms with E-state index in [-0.39, 0.29) is 0 Å². The number of nitrogens with zero attached hydrogens (tertiary/aromatic N) is 3. The van der Waals surface area contributed by atoms with E-state index in [4.69, 9.17) is 4.52 Å². The molecule has 0 N–H and O–H groups in total. The molecule has 4 nitrogen and oxygen atoms in total. The number of hydrogen-bond donors (Lipinski definition) is 0. The van der Waals surface area contributed by atoms with Gasteiger partial charge >= 0.3 is 0 Å². The highest BCUT2D eigenvalue weighted by Crippen LogP contribution is 2.38. The Hall–Kier alpha value is -0.900. The zero-order chi connectivity index (χ0) is 12.4. The van der Waals surface area contributed by atoms with Gasteiger partial charge in [-0.2, -0.15) is 4.98 Å². The van der Waals surface area contributed by atoms with E-state index in [0.29, 0.717) is 5.92 Å². The highest BCUT2D eigenvalue weighted by molar-refractivity contribution is 5.03. The lowest BCUT2D eigenvalue weighted by atomic mass is 9.94. The predicted octanol–water partition coefficient (Wildman–Crippen LogP) is 3.10. The van der Waals surface area contributed by atoms with E-state index in [9.17, 15) is 0 Å². The molecule has 2 fully saturated rings. The molecule has 0 bridgehead atoms. The van der Waals surface area contributed by atoms with Crippen molar-refractivity contribution in [2.75, 3.05) is 6.54 Å². The first-order valence-corrected chi connectivity index (χ1v) is 7.43. The summed E-state index contributed by atoms with van der Waals surface area (Å²) in [4.78, 5) is 7.04. The summed E-state index contributed by atoms with van der Waals surface area (Å²) in [6.45, 7) is 4.14. The summed E-state index contributed by atoms with van der Waals surface area (Å²) in [6, 6.07) is 0.722. The highest BCUT2D eigenvalue weighted by Gasteiger charge is 2.29. The molecule has 1 aromatic rings. The van der Waals surface area contributed by atoms with Gasteiger partial charge < -0.3 is 4.52 Å². The van der Waals surface area contributed by atoms with Gasteiger partial charge in [0.05, 0.1) is 6.54 Å². The normalized spacial score (nSPS) is 21.7. The lowest BCUT2D eigenvalue weighted by Gasteiger charge is -2.32. The summed E-state index contributed by atoms with van der Waals surface area (Å²) in [6.07, 6.45) is 9.28. The van der Waals surface area contributed by atoms with Crippen molar-refractivity contribution in [2.45, 2.75) is 70.4 Å². The van der Waals surface area contributed by atoms with E-state index < -0.39 is 0 Å². The van der Waals surface area contributed by atoms with Gasteiger partial charge in [0.2, 0.25) is 5.89 Å². The van der Waals surface area contributed by atoms with Gasteiger partial charge in [0.1, 0.15) is 0 Å². The van der Waals surface area contributed by atoms with Crippen molar-refractivity contribution in [3.05, 3.63) is 11.7 Å². The zero-order valence-corrected chi connectivity index (χ0v) is 11.3. The Morgan fingerprint density at radius 1 is 1.17 bits per heavy atom. The number of aromatic nitrogens is 2. The van der Waals surface area contributed by atoms with Crippen molar-refractivity contribution in [1.82, 2.24) is 15.0 Å². The maximum absolute atomic E-state index is 5.39. The van der Waals surface area contributed by atoms with Gasteiger partial charge in [-0.1, -0.05) is 31.3 Å². The molecule has 0 unspecified atom stereocenters. The van der Waals surface area contributed by atoms with Crippen molar-refractivity contribution >= 4 is 0 Å². The Labute approximate surface area is 109 Å². The van der Waals surface area contributed by atoms with Crippen LogP contribution in [0.3, 0.4) is 0 Å². The van der Waals surface area contributed by atoms with Crippen LogP contribution in [-0.2, 0) is 6.54 Å². The first-order chi connectivity index (χ1) is 8.86. The SMILES string of the molecule is CCN(Cc1nc(C2CC2)no1)C1CCCCC1. The van der Waals surface area contributed by atoms with Gasteiger partial charge in [-0.15, -0.1) is 0 Å². The molecule has 2 saturated carbocycles. The van der Waals surface area contributed by atoms with Crippen LogP contribution in [0.4, 0.5) is 0 Å². The minimum atomic E-state index is 0.590. The van der Waals surface area contributed by atoms with Crippen LogP contribution in [0.25, 0.3) is 0 Å². The maximum Gasteiger partial charge on any atom is 0.240 e. The zero-order valence-electron chi connectivity index (χ0n) is 11.3. The summed E-state index contributed by atoms with van der Waals surface area (Å²) in [5, 5.41) is 4.10. The summed E-state index contributed by atoms with van der Waals surface area (Å²) in [7, 11) is 0. The third-order valence-corrected chi connectivity index (χ3v) is 4.26. The van der Waals surface area contributed by atoms with Crippen LogP contribution in [0.2, 0.25) is 0 Å². The van der Waals surface area contributed by atoms with E-state index in [1.807, 2.05) is 0 Å². The smallest absolute Gasteiger partial charge is 0.240 e. The van der Waals surface area contributed by atoms with Gasteiger partial charge in [0, 0.05) is 12.0 Å². The van der Waals surface area contributed by atoms with Crippen LogP contribution in [0, 0.1) is 0 Å². The third-order valence-electron chi connectivity index (χ3n) is 4.26. The van der Waals surface area contributed by atoms with Gasteiger partial charge in [0.15, 0.2) is 5.82 Å². The quantitative estimate of drug-likeness (QED) is 0.804. The first kappa shape index (κ1) is 12.2. The van der Waals surface area contributed by atoms with E-state index >= 15 is 0 Å². The van der Waals surface area contributed by atoms with E-state index in [2.05, 4.69) is 22.0 Å². The number of rotatable bonds is 5. The Morgan fingerprint density at radius 2 is 1.94 bits per heavy atom. The molecule has 0 radical (unpaired) electrons. The predicted molar refractivity (Wildman–Crippen MR) is 69.2 cm³/mol. The fraction of sp³-hybridized carbons (Fsp3) is 0.857. The Balaban J connectivity index is 1.60. The maximum atomic E-state index is 5.39. The van der Waals surface area contributed by atoms with Crippen LogP contribution in [-0.4, -0.2) is 27.6 Å². The van der Waals surface area contributed by atoms with Crippen molar-refractivity contribution in [3.8, 4) is 0 Å². The molecule has 100 valence electrons. The van der Waals surface area contributed by atoms with Crippen molar-refractivity contribution in [1.29, 1.82) is 0 Å². The molecule has 0 aromatic carbocycles. The Kier molecular flexibility index (Phi) is 3.64. The molecule has 0 amide bonds. The molecule has 4 heteroatoms. The summed E-state index contributed by atoms with van der Waals surface area (Å²) in [5.74, 6) is 2.33. The molecule has 18 heavy (non-hydrogen) atoms. The molecule has 0 saturated heterocycles. The largest absolute Gasteiger partial charge is 0.338 e. The van der Waals surface area contributed by atoms with E-state index in [1.165, 1.54) is 44.9 Å². The summed E-state index contributed by atoms with van der Waals surface area (Å²) in [5.41, 5.74) is 0. The Morgan fingerprint density at radius 3 is 2.61 bits per heavy atom. The first-order valence-electron chi connectivity index (χ1n) is 7.43. The monoisotopic (exact) mass is 249 g/mol. The van der Waals surface area contributed by atoms with Crippen LogP contribution in [0.5, 0.6) is 0 Å². The molecule has 1 heterocycles. The fourth-order valence-electron chi connectivity index (χ4n) is 2.96. The fourth-order valence-corrected chi connectivity index (χ4v) is 2.96. The highest BCUT2D eigenvalue weighted by atomic mass is 16.5. The van der Waals surface area contributed by atoms with Gasteiger partial charge in [0.25, 0.3) is 0 Å². The minimum absolute atomic E-state index is 0.590. The molecule has 0 atom stereocenters. The second-order valence-electron chi connectivity index (χ2n) is 5.68. The average Bonchev–Trinajstić information content (AvgIpc) is 3.17. The Bertz CT molecular complexity index is 380. The van der Waals surface area contributed by atoms with Crippen LogP contribution >= 0.6 is 0 Å². The van der Waals surface area contributed by atoms with Gasteiger partial charge in [-0.05, 0) is 32.2 Å². The topological polar surface area (TPSA) is 42.2 Å². The molecule has 3 rings (SSSR count). The van der Waals surface area contributed by atoms with Crippen LogP contribution < -0.4 is 0 Å². The van der Waals surface area contributed by atoms with Crippen molar-refractivity contribution in [2.24, 2.45) is 0 Å². The van der Waals surface area contributed by atoms with Gasteiger partial charge in [-0.25, -0.2) is 0 Å². The van der Waals surface area contributed by atoms with E-state index in [1.54, 1.807) is 0 Å². The minimum Gasteiger partial charge on any atom is -0.338 e. The summed E-state index contributed by atoms with van der Waals surface area (Å²) >= 11 is 0. The molecular formula is C14H23N3O. The van der Waals surface area contributed by atoms with Crippen molar-refractivity contribution < 1.29 is 4.52 Å². The third kappa shape index (κ3) is 2.74. The second-order valence-corrected chi connectivity index (χ2v) is 5.68. The lowest BCUT2D eigenvalue weighted by molar-refractivity contribution is 0.138. The van der Waals surface area contributed by atoms with Gasteiger partial charge in [-0.3, -0.25) is 4.90 Å². The van der Waals surface area contributed by atoms with Crippen LogP contribution in [0.1, 0.15) is 69.5 Å². The molecular weight excluding hydrogens is 226 g/mol. The standard InChI is InChI=1S/C14H23N3O/c1-2-17(12-6-4-3-5-7-12)10-13-15-14(16-18-13)11-8-9-11/h11-12H,2-10H2,1H3. The van der Waals surface area contributed by atoms with E-state index in [0.717, 1.165) is 30.8 Å². The second kappa shape index (κ2) is 5.39. The number of hydrogen-bond acceptors (Lipinski definition) is 4. The van der Waals surface area contributed by atoms with Crippen LogP contribution in [0.15, 0.2) is 4.52 Å². The molecule has 2 aliphatic carbocycles. The summed E-state index contributed by atoms with van der Waals surface area (Å²) < 4.78 is 5.39. The molecule has 0 spiro atoms. The van der Waals surface area contributed by atoms with Crippen molar-refractivity contribution in [3.63, 3.8) is 0 Å². The average molecular weight is 249 g/mol. The molecule has 1 aromatic heterocycles. The molecule has 2 aliphatic rings. The lowest BCUT2D eigenvalue weighted by Crippen LogP contribution is -2.36.